The fraction of sp³-hybridized carbons (Fsp3) is 0.278. The van der Waals surface area contributed by atoms with Crippen molar-refractivity contribution in [2.75, 3.05) is 13.7 Å². The molecule has 21 heavy (non-hydrogen) atoms. The van der Waals surface area contributed by atoms with E-state index in [1.54, 1.807) is 7.11 Å². The Morgan fingerprint density at radius 3 is 2.76 bits per heavy atom. The van der Waals surface area contributed by atoms with Gasteiger partial charge in [0.1, 0.15) is 11.5 Å². The van der Waals surface area contributed by atoms with Crippen LogP contribution in [0.15, 0.2) is 48.7 Å². The highest BCUT2D eigenvalue weighted by molar-refractivity contribution is 5.82. The van der Waals surface area contributed by atoms with Crippen LogP contribution in [-0.2, 0) is 0 Å². The molecular formula is C18H19NO2. The first kappa shape index (κ1) is 13.7. The first-order chi connectivity index (χ1) is 10.1. The van der Waals surface area contributed by atoms with Crippen LogP contribution in [0.3, 0.4) is 0 Å². The zero-order chi connectivity index (χ0) is 14.9. The van der Waals surface area contributed by atoms with Crippen LogP contribution in [0.25, 0.3) is 5.57 Å². The van der Waals surface area contributed by atoms with Crippen molar-refractivity contribution in [3.05, 3.63) is 59.9 Å². The number of hydrogen-bond donors (Lipinski definition) is 0. The van der Waals surface area contributed by atoms with Gasteiger partial charge in [-0.2, -0.15) is 0 Å². The summed E-state index contributed by atoms with van der Waals surface area (Å²) >= 11 is 0. The average Bonchev–Trinajstić information content (AvgIpc) is 2.64. The molecule has 0 spiro atoms. The summed E-state index contributed by atoms with van der Waals surface area (Å²) in [4.78, 5) is 4.50. The quantitative estimate of drug-likeness (QED) is 0.835. The van der Waals surface area contributed by atoms with E-state index in [9.17, 15) is 0 Å². The zero-order valence-corrected chi connectivity index (χ0v) is 12.6. The molecule has 0 saturated heterocycles. The van der Waals surface area contributed by atoms with E-state index in [1.807, 2.05) is 42.6 Å². The zero-order valence-electron chi connectivity index (χ0n) is 12.6. The molecule has 3 rings (SSSR count). The number of nitrogens with zero attached hydrogens (tertiary/aromatic N) is 1. The van der Waals surface area contributed by atoms with Crippen molar-refractivity contribution in [3.8, 4) is 11.5 Å². The van der Waals surface area contributed by atoms with E-state index in [1.165, 1.54) is 0 Å². The van der Waals surface area contributed by atoms with Crippen molar-refractivity contribution in [2.24, 2.45) is 5.41 Å². The molecule has 108 valence electrons. The van der Waals surface area contributed by atoms with E-state index in [0.717, 1.165) is 28.3 Å². The van der Waals surface area contributed by atoms with Gasteiger partial charge < -0.3 is 9.47 Å². The third-order valence-electron chi connectivity index (χ3n) is 3.55. The van der Waals surface area contributed by atoms with Crippen LogP contribution in [0, 0.1) is 5.41 Å². The van der Waals surface area contributed by atoms with Crippen molar-refractivity contribution in [2.45, 2.75) is 13.8 Å². The summed E-state index contributed by atoms with van der Waals surface area (Å²) in [5, 5.41) is 0. The SMILES string of the molecule is COc1ccc2c(c1)C(c1ccccn1)=CC(C)(C)CO2. The predicted molar refractivity (Wildman–Crippen MR) is 83.6 cm³/mol. The van der Waals surface area contributed by atoms with E-state index in [0.29, 0.717) is 6.61 Å². The second kappa shape index (κ2) is 5.24. The van der Waals surface area contributed by atoms with Gasteiger partial charge in [-0.1, -0.05) is 26.0 Å². The topological polar surface area (TPSA) is 31.4 Å². The van der Waals surface area contributed by atoms with Gasteiger partial charge >= 0.3 is 0 Å². The molecule has 0 aliphatic carbocycles. The molecule has 1 aromatic carbocycles. The highest BCUT2D eigenvalue weighted by Crippen LogP contribution is 2.39. The molecule has 0 saturated carbocycles. The second-order valence-electron chi connectivity index (χ2n) is 5.91. The molecule has 0 unspecified atom stereocenters. The molecule has 1 aliphatic heterocycles. The van der Waals surface area contributed by atoms with E-state index in [2.05, 4.69) is 24.9 Å². The average molecular weight is 281 g/mol. The summed E-state index contributed by atoms with van der Waals surface area (Å²) in [5.74, 6) is 1.69. The van der Waals surface area contributed by atoms with Gasteiger partial charge in [0.15, 0.2) is 0 Å². The van der Waals surface area contributed by atoms with Crippen molar-refractivity contribution < 1.29 is 9.47 Å². The van der Waals surface area contributed by atoms with Crippen LogP contribution >= 0.6 is 0 Å². The Hall–Kier alpha value is -2.29. The normalized spacial score (nSPS) is 16.2. The lowest BCUT2D eigenvalue weighted by molar-refractivity contribution is 0.224. The molecule has 0 amide bonds. The van der Waals surface area contributed by atoms with Crippen LogP contribution < -0.4 is 9.47 Å². The second-order valence-corrected chi connectivity index (χ2v) is 5.91. The van der Waals surface area contributed by atoms with Crippen LogP contribution in [0.1, 0.15) is 25.1 Å². The highest BCUT2D eigenvalue weighted by Gasteiger charge is 2.25. The Bertz CT molecular complexity index is 675. The van der Waals surface area contributed by atoms with Crippen LogP contribution in [-0.4, -0.2) is 18.7 Å². The van der Waals surface area contributed by atoms with Gasteiger partial charge in [-0.05, 0) is 30.3 Å². The number of pyridine rings is 1. The minimum atomic E-state index is -0.0564. The molecule has 0 bridgehead atoms. The largest absolute Gasteiger partial charge is 0.497 e. The molecule has 0 radical (unpaired) electrons. The summed E-state index contributed by atoms with van der Waals surface area (Å²) in [7, 11) is 1.67. The fourth-order valence-corrected chi connectivity index (χ4v) is 2.48. The molecule has 0 N–H and O–H groups in total. The Morgan fingerprint density at radius 1 is 1.19 bits per heavy atom. The fourth-order valence-electron chi connectivity index (χ4n) is 2.48. The smallest absolute Gasteiger partial charge is 0.127 e. The summed E-state index contributed by atoms with van der Waals surface area (Å²) < 4.78 is 11.3. The van der Waals surface area contributed by atoms with Gasteiger partial charge in [0.2, 0.25) is 0 Å². The Kier molecular flexibility index (Phi) is 3.42. The maximum absolute atomic E-state index is 5.98. The molecule has 0 fully saturated rings. The van der Waals surface area contributed by atoms with E-state index in [4.69, 9.17) is 9.47 Å². The maximum atomic E-state index is 5.98. The first-order valence-electron chi connectivity index (χ1n) is 7.04. The lowest BCUT2D eigenvalue weighted by Gasteiger charge is -2.18. The van der Waals surface area contributed by atoms with Crippen LogP contribution in [0.2, 0.25) is 0 Å². The molecule has 0 atom stereocenters. The molecule has 3 heteroatoms. The van der Waals surface area contributed by atoms with Gasteiger partial charge in [-0.25, -0.2) is 0 Å². The Morgan fingerprint density at radius 2 is 2.05 bits per heavy atom. The van der Waals surface area contributed by atoms with Gasteiger partial charge in [0.25, 0.3) is 0 Å². The number of benzene rings is 1. The monoisotopic (exact) mass is 281 g/mol. The summed E-state index contributed by atoms with van der Waals surface area (Å²) in [5.41, 5.74) is 3.01. The van der Waals surface area contributed by atoms with Gasteiger partial charge in [0, 0.05) is 22.7 Å². The molecule has 1 aliphatic rings. The van der Waals surface area contributed by atoms with E-state index >= 15 is 0 Å². The molecule has 3 nitrogen and oxygen atoms in total. The third kappa shape index (κ3) is 2.77. The van der Waals surface area contributed by atoms with Gasteiger partial charge in [-0.15, -0.1) is 0 Å². The molecule has 2 aromatic rings. The standard InChI is InChI=1S/C18H19NO2/c1-18(2)11-15(16-6-4-5-9-19-16)14-10-13(20-3)7-8-17(14)21-12-18/h4-11H,12H2,1-3H3. The summed E-state index contributed by atoms with van der Waals surface area (Å²) in [6.45, 7) is 4.97. The summed E-state index contributed by atoms with van der Waals surface area (Å²) in [6, 6.07) is 11.9. The molecular weight excluding hydrogens is 262 g/mol. The van der Waals surface area contributed by atoms with Crippen molar-refractivity contribution in [1.29, 1.82) is 0 Å². The van der Waals surface area contributed by atoms with Gasteiger partial charge in [0.05, 0.1) is 19.4 Å². The molecule has 1 aromatic heterocycles. The molecule has 2 heterocycles. The Balaban J connectivity index is 2.21. The highest BCUT2D eigenvalue weighted by atomic mass is 16.5. The van der Waals surface area contributed by atoms with Crippen molar-refractivity contribution >= 4 is 5.57 Å². The van der Waals surface area contributed by atoms with E-state index < -0.39 is 0 Å². The lowest BCUT2D eigenvalue weighted by atomic mass is 9.89. The predicted octanol–water partition coefficient (Wildman–Crippen LogP) is 3.94. The third-order valence-corrected chi connectivity index (χ3v) is 3.55. The summed E-state index contributed by atoms with van der Waals surface area (Å²) in [6.07, 6.45) is 4.05. The van der Waals surface area contributed by atoms with Crippen molar-refractivity contribution in [3.63, 3.8) is 0 Å². The first-order valence-corrected chi connectivity index (χ1v) is 7.04. The number of methoxy groups -OCH3 is 1. The van der Waals surface area contributed by atoms with Crippen LogP contribution in [0.5, 0.6) is 11.5 Å². The van der Waals surface area contributed by atoms with Crippen LogP contribution in [0.4, 0.5) is 0 Å². The maximum Gasteiger partial charge on any atom is 0.127 e. The number of ether oxygens (including phenoxy) is 2. The van der Waals surface area contributed by atoms with Gasteiger partial charge in [-0.3, -0.25) is 4.98 Å². The number of rotatable bonds is 2. The Labute approximate surface area is 125 Å². The number of hydrogen-bond acceptors (Lipinski definition) is 3. The minimum absolute atomic E-state index is 0.0564. The lowest BCUT2D eigenvalue weighted by Crippen LogP contribution is -2.17. The number of fused-ring (bicyclic) bond motifs is 1. The van der Waals surface area contributed by atoms with Crippen molar-refractivity contribution in [1.82, 2.24) is 4.98 Å². The number of aromatic nitrogens is 1. The van der Waals surface area contributed by atoms with E-state index in [-0.39, 0.29) is 5.41 Å². The minimum Gasteiger partial charge on any atom is -0.497 e.